The van der Waals surface area contributed by atoms with Gasteiger partial charge in [-0.05, 0) is 26.8 Å². The zero-order chi connectivity index (χ0) is 14.5. The number of nitrogens with one attached hydrogen (secondary N) is 1. The van der Waals surface area contributed by atoms with Gasteiger partial charge in [0.2, 0.25) is 0 Å². The van der Waals surface area contributed by atoms with Gasteiger partial charge in [0.15, 0.2) is 0 Å². The molecule has 0 aliphatic carbocycles. The Kier molecular flexibility index (Phi) is 5.76. The third kappa shape index (κ3) is 5.17. The minimum Gasteiger partial charge on any atom is -0.495 e. The second-order valence-corrected chi connectivity index (χ2v) is 5.48. The summed E-state index contributed by atoms with van der Waals surface area (Å²) in [6, 6.07) is 3.55. The molecule has 1 rings (SSSR count). The summed E-state index contributed by atoms with van der Waals surface area (Å²) < 4.78 is 16.1. The van der Waals surface area contributed by atoms with E-state index in [-0.39, 0.29) is 5.60 Å². The van der Waals surface area contributed by atoms with Crippen molar-refractivity contribution in [3.8, 4) is 11.5 Å². The Morgan fingerprint density at radius 1 is 1.11 bits per heavy atom. The number of rotatable bonds is 6. The number of hydrogen-bond acceptors (Lipinski definition) is 4. The summed E-state index contributed by atoms with van der Waals surface area (Å²) in [6.45, 7) is 7.36. The van der Waals surface area contributed by atoms with Gasteiger partial charge in [0, 0.05) is 12.6 Å². The number of ether oxygens (including phenoxy) is 3. The molecule has 0 heterocycles. The summed E-state index contributed by atoms with van der Waals surface area (Å²) in [5.74, 6) is 1.28. The fraction of sp³-hybridized carbons (Fsp3) is 0.571. The van der Waals surface area contributed by atoms with E-state index in [2.05, 4.69) is 5.32 Å². The number of anilines is 1. The fourth-order valence-corrected chi connectivity index (χ4v) is 1.78. The van der Waals surface area contributed by atoms with Gasteiger partial charge < -0.3 is 19.5 Å². The molecule has 0 unspecified atom stereocenters. The molecule has 0 aliphatic heterocycles. The molecular weight excluding hydrogens is 266 g/mol. The maximum Gasteiger partial charge on any atom is 0.145 e. The van der Waals surface area contributed by atoms with Crippen LogP contribution in [0.5, 0.6) is 11.5 Å². The molecule has 0 bridgehead atoms. The molecule has 0 saturated carbocycles. The van der Waals surface area contributed by atoms with Crippen molar-refractivity contribution < 1.29 is 14.2 Å². The Balaban J connectivity index is 2.65. The Bertz CT molecular complexity index is 416. The van der Waals surface area contributed by atoms with E-state index >= 15 is 0 Å². The molecule has 5 heteroatoms. The molecule has 0 atom stereocenters. The van der Waals surface area contributed by atoms with E-state index in [4.69, 9.17) is 25.8 Å². The monoisotopic (exact) mass is 287 g/mol. The average Bonchev–Trinajstić information content (AvgIpc) is 2.33. The summed E-state index contributed by atoms with van der Waals surface area (Å²) in [7, 11) is 3.18. The van der Waals surface area contributed by atoms with E-state index in [1.807, 2.05) is 20.8 Å². The summed E-state index contributed by atoms with van der Waals surface area (Å²) in [6.07, 6.45) is 0. The first-order chi connectivity index (χ1) is 8.87. The molecule has 1 aromatic rings. The highest BCUT2D eigenvalue weighted by atomic mass is 35.5. The number of hydrogen-bond donors (Lipinski definition) is 1. The van der Waals surface area contributed by atoms with Crippen LogP contribution >= 0.6 is 11.6 Å². The van der Waals surface area contributed by atoms with Crippen LogP contribution in [-0.2, 0) is 4.74 Å². The first-order valence-electron chi connectivity index (χ1n) is 6.16. The van der Waals surface area contributed by atoms with E-state index in [0.29, 0.717) is 29.7 Å². The van der Waals surface area contributed by atoms with Gasteiger partial charge in [-0.1, -0.05) is 11.6 Å². The molecule has 0 fully saturated rings. The third-order valence-corrected chi connectivity index (χ3v) is 2.72. The van der Waals surface area contributed by atoms with Gasteiger partial charge in [0.05, 0.1) is 37.1 Å². The van der Waals surface area contributed by atoms with E-state index < -0.39 is 0 Å². The largest absolute Gasteiger partial charge is 0.495 e. The summed E-state index contributed by atoms with van der Waals surface area (Å²) in [4.78, 5) is 0. The highest BCUT2D eigenvalue weighted by Crippen LogP contribution is 2.35. The van der Waals surface area contributed by atoms with E-state index in [1.54, 1.807) is 26.4 Å². The van der Waals surface area contributed by atoms with Crippen LogP contribution in [0.3, 0.4) is 0 Å². The minimum absolute atomic E-state index is 0.136. The molecule has 0 spiro atoms. The van der Waals surface area contributed by atoms with Crippen molar-refractivity contribution in [1.29, 1.82) is 0 Å². The van der Waals surface area contributed by atoms with Crippen molar-refractivity contribution in [2.75, 3.05) is 32.7 Å². The number of benzene rings is 1. The number of methoxy groups -OCH3 is 2. The van der Waals surface area contributed by atoms with Crippen LogP contribution in [-0.4, -0.2) is 33.0 Å². The van der Waals surface area contributed by atoms with Gasteiger partial charge in [0.25, 0.3) is 0 Å². The van der Waals surface area contributed by atoms with Crippen LogP contribution in [0.2, 0.25) is 5.02 Å². The normalized spacial score (nSPS) is 11.3. The average molecular weight is 288 g/mol. The summed E-state index contributed by atoms with van der Waals surface area (Å²) >= 11 is 6.09. The van der Waals surface area contributed by atoms with Gasteiger partial charge in [-0.15, -0.1) is 0 Å². The lowest BCUT2D eigenvalue weighted by Crippen LogP contribution is -2.23. The van der Waals surface area contributed by atoms with E-state index in [1.165, 1.54) is 0 Å². The molecule has 0 aliphatic rings. The first kappa shape index (κ1) is 15.9. The highest BCUT2D eigenvalue weighted by molar-refractivity contribution is 6.32. The van der Waals surface area contributed by atoms with E-state index in [0.717, 1.165) is 5.69 Å². The van der Waals surface area contributed by atoms with Crippen molar-refractivity contribution in [3.63, 3.8) is 0 Å². The molecule has 108 valence electrons. The van der Waals surface area contributed by atoms with Crippen LogP contribution in [0.4, 0.5) is 5.69 Å². The Morgan fingerprint density at radius 3 is 2.26 bits per heavy atom. The van der Waals surface area contributed by atoms with Crippen LogP contribution in [0.1, 0.15) is 20.8 Å². The lowest BCUT2D eigenvalue weighted by molar-refractivity contribution is 0.00333. The summed E-state index contributed by atoms with van der Waals surface area (Å²) in [5.41, 5.74) is 0.689. The smallest absolute Gasteiger partial charge is 0.145 e. The molecular formula is C14H22ClNO3. The topological polar surface area (TPSA) is 39.7 Å². The standard InChI is InChI=1S/C14H22ClNO3/c1-14(2,3)19-7-6-16-11-8-10(15)12(17-4)9-13(11)18-5/h8-9,16H,6-7H2,1-5H3. The van der Waals surface area contributed by atoms with Gasteiger partial charge in [-0.3, -0.25) is 0 Å². The quantitative estimate of drug-likeness (QED) is 0.812. The zero-order valence-corrected chi connectivity index (χ0v) is 12.9. The second kappa shape index (κ2) is 6.87. The molecule has 0 radical (unpaired) electrons. The van der Waals surface area contributed by atoms with E-state index in [9.17, 15) is 0 Å². The van der Waals surface area contributed by atoms with Crippen molar-refractivity contribution >= 4 is 17.3 Å². The van der Waals surface area contributed by atoms with Gasteiger partial charge in [-0.2, -0.15) is 0 Å². The molecule has 1 N–H and O–H groups in total. The predicted octanol–water partition coefficient (Wildman–Crippen LogP) is 3.58. The van der Waals surface area contributed by atoms with Gasteiger partial charge in [-0.25, -0.2) is 0 Å². The lowest BCUT2D eigenvalue weighted by Gasteiger charge is -2.20. The Hall–Kier alpha value is -1.13. The van der Waals surface area contributed by atoms with Crippen molar-refractivity contribution in [3.05, 3.63) is 17.2 Å². The van der Waals surface area contributed by atoms with Crippen LogP contribution in [0.25, 0.3) is 0 Å². The van der Waals surface area contributed by atoms with Crippen molar-refractivity contribution in [1.82, 2.24) is 0 Å². The molecule has 4 nitrogen and oxygen atoms in total. The third-order valence-electron chi connectivity index (χ3n) is 2.43. The zero-order valence-electron chi connectivity index (χ0n) is 12.2. The molecule has 0 saturated heterocycles. The first-order valence-corrected chi connectivity index (χ1v) is 6.54. The van der Waals surface area contributed by atoms with Crippen LogP contribution in [0, 0.1) is 0 Å². The number of halogens is 1. The minimum atomic E-state index is -0.136. The molecule has 19 heavy (non-hydrogen) atoms. The maximum absolute atomic E-state index is 6.09. The molecule has 1 aromatic carbocycles. The predicted molar refractivity (Wildman–Crippen MR) is 78.8 cm³/mol. The van der Waals surface area contributed by atoms with Crippen LogP contribution < -0.4 is 14.8 Å². The molecule has 0 amide bonds. The SMILES string of the molecule is COc1cc(OC)c(NCCOC(C)(C)C)cc1Cl. The Morgan fingerprint density at radius 2 is 1.74 bits per heavy atom. The lowest BCUT2D eigenvalue weighted by atomic mass is 10.2. The van der Waals surface area contributed by atoms with Gasteiger partial charge in [0.1, 0.15) is 11.5 Å². The van der Waals surface area contributed by atoms with Crippen LogP contribution in [0.15, 0.2) is 12.1 Å². The Labute approximate surface area is 120 Å². The highest BCUT2D eigenvalue weighted by Gasteiger charge is 2.11. The second-order valence-electron chi connectivity index (χ2n) is 5.07. The summed E-state index contributed by atoms with van der Waals surface area (Å²) in [5, 5.41) is 3.78. The maximum atomic E-state index is 6.09. The van der Waals surface area contributed by atoms with Crippen molar-refractivity contribution in [2.45, 2.75) is 26.4 Å². The van der Waals surface area contributed by atoms with Gasteiger partial charge >= 0.3 is 0 Å². The van der Waals surface area contributed by atoms with Crippen molar-refractivity contribution in [2.24, 2.45) is 0 Å². The fourth-order valence-electron chi connectivity index (χ4n) is 1.54. The molecule has 0 aromatic heterocycles.